The van der Waals surface area contributed by atoms with E-state index in [2.05, 4.69) is 17.1 Å². The van der Waals surface area contributed by atoms with Crippen LogP contribution in [-0.4, -0.2) is 36.2 Å². The third-order valence-electron chi connectivity index (χ3n) is 4.41. The Morgan fingerprint density at radius 1 is 1.33 bits per heavy atom. The van der Waals surface area contributed by atoms with Crippen LogP contribution in [0, 0.1) is 17.7 Å². The number of nitrogens with one attached hydrogen (secondary N) is 1. The van der Waals surface area contributed by atoms with E-state index in [1.807, 2.05) is 0 Å². The number of phenolic OH excluding ortho intramolecular Hbond substituents is 1. The molecule has 98 valence electrons. The first kappa shape index (κ1) is 11.9. The van der Waals surface area contributed by atoms with Gasteiger partial charge in [-0.1, -0.05) is 6.07 Å². The van der Waals surface area contributed by atoms with E-state index >= 15 is 0 Å². The Kier molecular flexibility index (Phi) is 2.99. The highest BCUT2D eigenvalue weighted by molar-refractivity contribution is 5.35. The smallest absolute Gasteiger partial charge is 0.126 e. The number of benzene rings is 1. The van der Waals surface area contributed by atoms with E-state index in [0.29, 0.717) is 0 Å². The fourth-order valence-electron chi connectivity index (χ4n) is 3.27. The van der Waals surface area contributed by atoms with Crippen molar-refractivity contribution in [2.75, 3.05) is 26.2 Å². The zero-order valence-electron chi connectivity index (χ0n) is 10.6. The molecule has 0 aromatic heterocycles. The van der Waals surface area contributed by atoms with E-state index in [1.54, 1.807) is 6.07 Å². The summed E-state index contributed by atoms with van der Waals surface area (Å²) in [5.74, 6) is 1.15. The lowest BCUT2D eigenvalue weighted by Crippen LogP contribution is -2.28. The first-order valence-corrected chi connectivity index (χ1v) is 6.58. The molecule has 18 heavy (non-hydrogen) atoms. The Balaban J connectivity index is 1.76. The maximum atomic E-state index is 13.0. The highest BCUT2D eigenvalue weighted by Crippen LogP contribution is 2.35. The zero-order chi connectivity index (χ0) is 12.7. The van der Waals surface area contributed by atoms with Crippen LogP contribution < -0.4 is 5.32 Å². The summed E-state index contributed by atoms with van der Waals surface area (Å²) >= 11 is 0. The number of phenols is 1. The minimum absolute atomic E-state index is 0.0673. The molecule has 3 rings (SSSR count). The summed E-state index contributed by atoms with van der Waals surface area (Å²) in [4.78, 5) is 2.39. The molecule has 2 saturated heterocycles. The molecule has 0 radical (unpaired) electrons. The van der Waals surface area contributed by atoms with Crippen LogP contribution in [0.15, 0.2) is 18.2 Å². The second-order valence-electron chi connectivity index (χ2n) is 5.51. The van der Waals surface area contributed by atoms with Crippen LogP contribution in [0.2, 0.25) is 0 Å². The maximum Gasteiger partial charge on any atom is 0.126 e. The average Bonchev–Trinajstić information content (AvgIpc) is 2.87. The number of nitrogens with zero attached hydrogens (tertiary/aromatic N) is 1. The second kappa shape index (κ2) is 4.52. The van der Waals surface area contributed by atoms with Gasteiger partial charge in [0, 0.05) is 30.8 Å². The van der Waals surface area contributed by atoms with Crippen molar-refractivity contribution in [2.24, 2.45) is 11.8 Å². The van der Waals surface area contributed by atoms with Gasteiger partial charge in [-0.2, -0.15) is 0 Å². The number of likely N-dealkylation sites (tertiary alicyclic amines) is 1. The van der Waals surface area contributed by atoms with Crippen LogP contribution in [-0.2, 0) is 0 Å². The summed E-state index contributed by atoms with van der Waals surface area (Å²) in [6.07, 6.45) is 0. The van der Waals surface area contributed by atoms with E-state index in [0.717, 1.165) is 43.6 Å². The van der Waals surface area contributed by atoms with Gasteiger partial charge in [0.2, 0.25) is 0 Å². The van der Waals surface area contributed by atoms with Gasteiger partial charge < -0.3 is 10.4 Å². The number of fused-ring (bicyclic) bond motifs is 1. The molecular formula is C14H19FN2O. The molecule has 0 saturated carbocycles. The molecule has 0 bridgehead atoms. The molecule has 0 amide bonds. The molecule has 3 atom stereocenters. The lowest BCUT2D eigenvalue weighted by Gasteiger charge is -2.26. The van der Waals surface area contributed by atoms with Crippen molar-refractivity contribution in [3.05, 3.63) is 29.6 Å². The number of hydrogen-bond acceptors (Lipinski definition) is 3. The largest absolute Gasteiger partial charge is 0.508 e. The summed E-state index contributed by atoms with van der Waals surface area (Å²) in [6, 6.07) is 4.46. The molecule has 2 aliphatic rings. The van der Waals surface area contributed by atoms with Gasteiger partial charge >= 0.3 is 0 Å². The monoisotopic (exact) mass is 250 g/mol. The standard InChI is InChI=1S/C14H19FN2O/c1-9(13-3-2-12(15)4-14(13)18)17-7-10-5-16-6-11(10)8-17/h2-4,9-11,16,18H,5-8H2,1H3. The van der Waals surface area contributed by atoms with Crippen molar-refractivity contribution in [3.63, 3.8) is 0 Å². The molecular weight excluding hydrogens is 231 g/mol. The van der Waals surface area contributed by atoms with Gasteiger partial charge in [0.1, 0.15) is 11.6 Å². The van der Waals surface area contributed by atoms with Gasteiger partial charge in [0.25, 0.3) is 0 Å². The Labute approximate surface area is 107 Å². The zero-order valence-corrected chi connectivity index (χ0v) is 10.6. The van der Waals surface area contributed by atoms with Crippen molar-refractivity contribution in [1.82, 2.24) is 10.2 Å². The minimum Gasteiger partial charge on any atom is -0.508 e. The van der Waals surface area contributed by atoms with Crippen LogP contribution in [0.4, 0.5) is 4.39 Å². The summed E-state index contributed by atoms with van der Waals surface area (Å²) in [6.45, 7) is 6.42. The van der Waals surface area contributed by atoms with Crippen LogP contribution in [0.1, 0.15) is 18.5 Å². The lowest BCUT2D eigenvalue weighted by molar-refractivity contribution is 0.239. The highest BCUT2D eigenvalue weighted by atomic mass is 19.1. The molecule has 3 unspecified atom stereocenters. The predicted molar refractivity (Wildman–Crippen MR) is 67.9 cm³/mol. The van der Waals surface area contributed by atoms with Crippen LogP contribution in [0.25, 0.3) is 0 Å². The molecule has 0 aliphatic carbocycles. The van der Waals surface area contributed by atoms with Crippen molar-refractivity contribution < 1.29 is 9.50 Å². The molecule has 3 nitrogen and oxygen atoms in total. The first-order valence-electron chi connectivity index (χ1n) is 6.58. The predicted octanol–water partition coefficient (Wildman–Crippen LogP) is 1.74. The van der Waals surface area contributed by atoms with E-state index in [-0.39, 0.29) is 17.6 Å². The Bertz CT molecular complexity index is 439. The van der Waals surface area contributed by atoms with Crippen LogP contribution in [0.3, 0.4) is 0 Å². The summed E-state index contributed by atoms with van der Waals surface area (Å²) in [5.41, 5.74) is 0.823. The molecule has 2 N–H and O–H groups in total. The van der Waals surface area contributed by atoms with Crippen LogP contribution in [0.5, 0.6) is 5.75 Å². The van der Waals surface area contributed by atoms with Crippen molar-refractivity contribution in [1.29, 1.82) is 0 Å². The highest BCUT2D eigenvalue weighted by Gasteiger charge is 2.38. The van der Waals surface area contributed by atoms with Gasteiger partial charge in [-0.15, -0.1) is 0 Å². The fourth-order valence-corrected chi connectivity index (χ4v) is 3.27. The summed E-state index contributed by atoms with van der Waals surface area (Å²) in [7, 11) is 0. The summed E-state index contributed by atoms with van der Waals surface area (Å²) in [5, 5.41) is 13.3. The third kappa shape index (κ3) is 1.99. The van der Waals surface area contributed by atoms with Gasteiger partial charge in [-0.05, 0) is 37.9 Å². The Morgan fingerprint density at radius 3 is 2.61 bits per heavy atom. The van der Waals surface area contributed by atoms with E-state index < -0.39 is 0 Å². The van der Waals surface area contributed by atoms with Crippen molar-refractivity contribution in [2.45, 2.75) is 13.0 Å². The third-order valence-corrected chi connectivity index (χ3v) is 4.41. The van der Waals surface area contributed by atoms with Gasteiger partial charge in [-0.3, -0.25) is 4.90 Å². The minimum atomic E-state index is -0.383. The Hall–Kier alpha value is -1.13. The first-order chi connectivity index (χ1) is 8.65. The molecule has 2 aliphatic heterocycles. The molecule has 2 heterocycles. The van der Waals surface area contributed by atoms with Crippen molar-refractivity contribution >= 4 is 0 Å². The van der Waals surface area contributed by atoms with Gasteiger partial charge in [0.15, 0.2) is 0 Å². The summed E-state index contributed by atoms with van der Waals surface area (Å²) < 4.78 is 13.0. The quantitative estimate of drug-likeness (QED) is 0.839. The molecule has 0 spiro atoms. The maximum absolute atomic E-state index is 13.0. The van der Waals surface area contributed by atoms with E-state index in [1.165, 1.54) is 12.1 Å². The normalized spacial score (nSPS) is 29.4. The molecule has 2 fully saturated rings. The second-order valence-corrected chi connectivity index (χ2v) is 5.51. The number of rotatable bonds is 2. The molecule has 1 aromatic carbocycles. The van der Waals surface area contributed by atoms with Crippen LogP contribution >= 0.6 is 0 Å². The fraction of sp³-hybridized carbons (Fsp3) is 0.571. The van der Waals surface area contributed by atoms with Crippen molar-refractivity contribution in [3.8, 4) is 5.75 Å². The van der Waals surface area contributed by atoms with E-state index in [9.17, 15) is 9.50 Å². The molecule has 4 heteroatoms. The number of aromatic hydroxyl groups is 1. The SMILES string of the molecule is CC(c1ccc(F)cc1O)N1CC2CNCC2C1. The lowest BCUT2D eigenvalue weighted by atomic mass is 10.0. The van der Waals surface area contributed by atoms with Gasteiger partial charge in [-0.25, -0.2) is 4.39 Å². The number of halogens is 1. The average molecular weight is 250 g/mol. The van der Waals surface area contributed by atoms with Gasteiger partial charge in [0.05, 0.1) is 0 Å². The number of hydrogen-bond donors (Lipinski definition) is 2. The van der Waals surface area contributed by atoms with E-state index in [4.69, 9.17) is 0 Å². The topological polar surface area (TPSA) is 35.5 Å². The molecule has 1 aromatic rings. The Morgan fingerprint density at radius 2 is 2.00 bits per heavy atom.